The zero-order valence-corrected chi connectivity index (χ0v) is 11.9. The Labute approximate surface area is 135 Å². The lowest BCUT2D eigenvalue weighted by atomic mass is 10.2. The van der Waals surface area contributed by atoms with Gasteiger partial charge < -0.3 is 10.1 Å². The van der Waals surface area contributed by atoms with Gasteiger partial charge in [0, 0.05) is 6.07 Å². The third-order valence-corrected chi connectivity index (χ3v) is 2.94. The minimum absolute atomic E-state index is 0.0870. The Morgan fingerprint density at radius 2 is 1.72 bits per heavy atom. The van der Waals surface area contributed by atoms with Gasteiger partial charge in [-0.15, -0.1) is 10.2 Å². The zero-order chi connectivity index (χ0) is 18.1. The molecule has 0 unspecified atom stereocenters. The minimum Gasteiger partial charge on any atom is -0.358 e. The van der Waals surface area contributed by atoms with Crippen molar-refractivity contribution >= 4 is 17.2 Å². The highest BCUT2D eigenvalue weighted by molar-refractivity contribution is 5.57. The van der Waals surface area contributed by atoms with E-state index in [4.69, 9.17) is 0 Å². The first-order valence-electron chi connectivity index (χ1n) is 6.29. The van der Waals surface area contributed by atoms with Crippen LogP contribution in [0.15, 0.2) is 30.7 Å². The summed E-state index contributed by atoms with van der Waals surface area (Å²) in [5.74, 6) is -0.710. The second-order valence-corrected chi connectivity index (χ2v) is 4.43. The molecule has 3 rings (SSSR count). The quantitative estimate of drug-likeness (QED) is 0.465. The van der Waals surface area contributed by atoms with E-state index in [1.807, 2.05) is 0 Å². The fraction of sp³-hybridized carbons (Fsp3) is 0. The van der Waals surface area contributed by atoms with Gasteiger partial charge in [-0.05, 0) is 15.8 Å². The van der Waals surface area contributed by atoms with Crippen molar-refractivity contribution in [1.82, 2.24) is 29.8 Å². The third-order valence-electron chi connectivity index (χ3n) is 2.94. The summed E-state index contributed by atoms with van der Waals surface area (Å²) >= 11 is 0. The number of nitrogens with zero attached hydrogens (tertiary/aromatic N) is 9. The molecule has 0 amide bonds. The van der Waals surface area contributed by atoms with E-state index in [2.05, 4.69) is 20.3 Å². The van der Waals surface area contributed by atoms with Crippen molar-refractivity contribution in [3.05, 3.63) is 61.1 Å². The Bertz CT molecular complexity index is 1010. The zero-order valence-electron chi connectivity index (χ0n) is 11.9. The van der Waals surface area contributed by atoms with Gasteiger partial charge in [0.25, 0.3) is 5.69 Å². The van der Waals surface area contributed by atoms with Gasteiger partial charge in [0.1, 0.15) is 12.0 Å². The molecule has 0 saturated carbocycles. The van der Waals surface area contributed by atoms with Crippen molar-refractivity contribution in [2.45, 2.75) is 0 Å². The molecule has 0 spiro atoms. The van der Waals surface area contributed by atoms with E-state index in [0.717, 1.165) is 40.2 Å². The van der Waals surface area contributed by atoms with Crippen LogP contribution in [0.5, 0.6) is 0 Å². The van der Waals surface area contributed by atoms with E-state index in [-0.39, 0.29) is 11.6 Å². The van der Waals surface area contributed by atoms with Gasteiger partial charge in [-0.25, -0.2) is 4.68 Å². The maximum absolute atomic E-state index is 11.1. The summed E-state index contributed by atoms with van der Waals surface area (Å²) in [7, 11) is 0. The van der Waals surface area contributed by atoms with Gasteiger partial charge >= 0.3 is 17.5 Å². The fourth-order valence-corrected chi connectivity index (χ4v) is 1.86. The number of aromatic nitrogens is 6. The van der Waals surface area contributed by atoms with Crippen LogP contribution >= 0.6 is 0 Å². The van der Waals surface area contributed by atoms with Crippen LogP contribution in [0.4, 0.5) is 17.2 Å². The van der Waals surface area contributed by atoms with Crippen molar-refractivity contribution in [2.24, 2.45) is 0 Å². The largest absolute Gasteiger partial charge is 0.410 e. The van der Waals surface area contributed by atoms with Crippen molar-refractivity contribution < 1.29 is 14.8 Å². The van der Waals surface area contributed by atoms with Gasteiger partial charge in [-0.3, -0.25) is 20.2 Å². The number of nitro groups is 3. The highest BCUT2D eigenvalue weighted by atomic mass is 16.6. The van der Waals surface area contributed by atoms with E-state index in [1.54, 1.807) is 0 Å². The van der Waals surface area contributed by atoms with Crippen molar-refractivity contribution in [2.75, 3.05) is 0 Å². The van der Waals surface area contributed by atoms with E-state index < -0.39 is 32.0 Å². The molecule has 0 aliphatic heterocycles. The lowest BCUT2D eigenvalue weighted by molar-refractivity contribution is -0.394. The summed E-state index contributed by atoms with van der Waals surface area (Å²) < 4.78 is 0.979. The topological polar surface area (TPSA) is 191 Å². The first-order valence-corrected chi connectivity index (χ1v) is 6.29. The van der Waals surface area contributed by atoms with Crippen molar-refractivity contribution in [1.29, 1.82) is 0 Å². The number of non-ortho nitro benzene ring substituents is 1. The highest BCUT2D eigenvalue weighted by Crippen LogP contribution is 2.27. The molecular weight excluding hydrogens is 342 g/mol. The van der Waals surface area contributed by atoms with Gasteiger partial charge in [0.05, 0.1) is 21.0 Å². The fourth-order valence-electron chi connectivity index (χ4n) is 1.86. The van der Waals surface area contributed by atoms with Gasteiger partial charge in [-0.2, -0.15) is 4.98 Å². The van der Waals surface area contributed by atoms with Crippen LogP contribution in [-0.4, -0.2) is 44.5 Å². The predicted molar refractivity (Wildman–Crippen MR) is 76.2 cm³/mol. The molecule has 15 heteroatoms. The monoisotopic (exact) mass is 347 g/mol. The van der Waals surface area contributed by atoms with Crippen molar-refractivity contribution in [3.8, 4) is 11.6 Å². The van der Waals surface area contributed by atoms with Gasteiger partial charge in [0.15, 0.2) is 6.20 Å². The predicted octanol–water partition coefficient (Wildman–Crippen LogP) is 0.573. The molecule has 0 saturated heterocycles. The molecular formula is C10H5N9O6. The summed E-state index contributed by atoms with van der Waals surface area (Å²) in [6, 6.07) is 2.99. The summed E-state index contributed by atoms with van der Waals surface area (Å²) in [5, 5.41) is 43.5. The number of benzene rings is 1. The summed E-state index contributed by atoms with van der Waals surface area (Å²) in [4.78, 5) is 34.7. The summed E-state index contributed by atoms with van der Waals surface area (Å²) in [5.41, 5.74) is -1.11. The van der Waals surface area contributed by atoms with Crippen LogP contribution in [0.25, 0.3) is 11.6 Å². The van der Waals surface area contributed by atoms with Crippen LogP contribution < -0.4 is 0 Å². The van der Waals surface area contributed by atoms with Crippen LogP contribution in [0.1, 0.15) is 0 Å². The second-order valence-electron chi connectivity index (χ2n) is 4.43. The number of rotatable bonds is 5. The maximum Gasteiger partial charge on any atom is 0.410 e. The number of hydrogen-bond donors (Lipinski definition) is 0. The molecule has 0 radical (unpaired) electrons. The standard InChI is InChI=1S/C10H5N9O6/c20-17(21)6-1-2-7(8(3-6)18(22)23)15-5-11-10(14-15)16-12-4-9(13-16)19(24)25/h1-5H. The minimum atomic E-state index is -0.805. The van der Waals surface area contributed by atoms with Crippen LogP contribution in [0, 0.1) is 30.3 Å². The molecule has 2 heterocycles. The lowest BCUT2D eigenvalue weighted by Gasteiger charge is -2.01. The molecule has 0 aliphatic carbocycles. The molecule has 0 N–H and O–H groups in total. The smallest absolute Gasteiger partial charge is 0.358 e. The molecule has 0 fully saturated rings. The summed E-state index contributed by atoms with van der Waals surface area (Å²) in [6.07, 6.45) is 1.97. The van der Waals surface area contributed by atoms with Gasteiger partial charge in [-0.1, -0.05) is 0 Å². The Morgan fingerprint density at radius 1 is 0.960 bits per heavy atom. The Hall–Kier alpha value is -4.30. The Morgan fingerprint density at radius 3 is 2.32 bits per heavy atom. The van der Waals surface area contributed by atoms with Crippen molar-refractivity contribution in [3.63, 3.8) is 0 Å². The molecule has 2 aromatic heterocycles. The molecule has 3 aromatic rings. The average Bonchev–Trinajstić information content (AvgIpc) is 3.23. The van der Waals surface area contributed by atoms with E-state index in [0.29, 0.717) is 0 Å². The van der Waals surface area contributed by atoms with Gasteiger partial charge in [0.2, 0.25) is 0 Å². The lowest BCUT2D eigenvalue weighted by Crippen LogP contribution is -2.05. The first kappa shape index (κ1) is 15.6. The molecule has 0 atom stereocenters. The molecule has 15 nitrogen and oxygen atoms in total. The molecule has 1 aromatic carbocycles. The molecule has 126 valence electrons. The van der Waals surface area contributed by atoms with E-state index in [1.165, 1.54) is 0 Å². The third kappa shape index (κ3) is 2.83. The number of hydrogen-bond acceptors (Lipinski definition) is 10. The molecule has 0 aliphatic rings. The van der Waals surface area contributed by atoms with Crippen LogP contribution in [0.2, 0.25) is 0 Å². The Balaban J connectivity index is 2.03. The first-order chi connectivity index (χ1) is 11.9. The maximum atomic E-state index is 11.1. The number of nitro benzene ring substituents is 2. The average molecular weight is 347 g/mol. The molecule has 0 bridgehead atoms. The van der Waals surface area contributed by atoms with Crippen LogP contribution in [0.3, 0.4) is 0 Å². The Kier molecular flexibility index (Phi) is 3.57. The normalized spacial score (nSPS) is 10.6. The SMILES string of the molecule is O=[N+]([O-])c1ccc(-n2cnc(-n3ncc([N+](=O)[O-])n3)n2)c([N+](=O)[O-])c1. The summed E-state index contributed by atoms with van der Waals surface area (Å²) in [6.45, 7) is 0. The van der Waals surface area contributed by atoms with E-state index >= 15 is 0 Å². The van der Waals surface area contributed by atoms with Crippen LogP contribution in [-0.2, 0) is 0 Å². The van der Waals surface area contributed by atoms with E-state index in [9.17, 15) is 30.3 Å². The second kappa shape index (κ2) is 5.72. The molecule has 25 heavy (non-hydrogen) atoms. The highest BCUT2D eigenvalue weighted by Gasteiger charge is 2.23.